The van der Waals surface area contributed by atoms with E-state index in [1.54, 1.807) is 6.07 Å². The molecule has 0 bridgehead atoms. The first kappa shape index (κ1) is 10.9. The predicted molar refractivity (Wildman–Crippen MR) is 67.0 cm³/mol. The number of rotatable bonds is 3. The van der Waals surface area contributed by atoms with Crippen LogP contribution in [0.3, 0.4) is 0 Å². The Balaban J connectivity index is 1.94. The maximum absolute atomic E-state index is 12.1. The molecule has 1 aliphatic heterocycles. The average Bonchev–Trinajstić information content (AvgIpc) is 2.95. The molecular weight excluding hydrogens is 238 g/mol. The van der Waals surface area contributed by atoms with E-state index in [1.165, 1.54) is 4.31 Å². The van der Waals surface area contributed by atoms with Gasteiger partial charge in [-0.05, 0) is 37.0 Å². The third kappa shape index (κ3) is 1.98. The summed E-state index contributed by atoms with van der Waals surface area (Å²) >= 11 is 0. The molecule has 3 rings (SSSR count). The van der Waals surface area contributed by atoms with Crippen LogP contribution in [0, 0.1) is 0 Å². The average molecular weight is 253 g/mol. The van der Waals surface area contributed by atoms with Crippen LogP contribution in [0.2, 0.25) is 0 Å². The number of benzene rings is 1. The van der Waals surface area contributed by atoms with Gasteiger partial charge in [0.05, 0.1) is 5.69 Å². The van der Waals surface area contributed by atoms with Crippen molar-refractivity contribution in [3.8, 4) is 0 Å². The van der Waals surface area contributed by atoms with E-state index in [4.69, 9.17) is 5.73 Å². The van der Waals surface area contributed by atoms with Gasteiger partial charge in [-0.2, -0.15) is 13.1 Å². The summed E-state index contributed by atoms with van der Waals surface area (Å²) in [7, 11) is -3.40. The van der Waals surface area contributed by atoms with E-state index in [1.807, 2.05) is 12.1 Å². The van der Waals surface area contributed by atoms with Crippen molar-refractivity contribution in [2.24, 2.45) is 0 Å². The van der Waals surface area contributed by atoms with Crippen molar-refractivity contribution in [2.75, 3.05) is 16.6 Å². The van der Waals surface area contributed by atoms with Gasteiger partial charge < -0.3 is 5.73 Å². The molecule has 1 aliphatic carbocycles. The largest absolute Gasteiger partial charge is 0.399 e. The molecule has 92 valence electrons. The molecule has 6 heteroatoms. The first-order valence-electron chi connectivity index (χ1n) is 5.75. The van der Waals surface area contributed by atoms with Crippen LogP contribution >= 0.6 is 0 Å². The van der Waals surface area contributed by atoms with Gasteiger partial charge in [-0.25, -0.2) is 0 Å². The molecule has 0 spiro atoms. The molecule has 0 radical (unpaired) electrons. The number of nitrogens with two attached hydrogens (primary N) is 1. The maximum Gasteiger partial charge on any atom is 0.301 e. The Labute approximate surface area is 101 Å². The van der Waals surface area contributed by atoms with E-state index in [9.17, 15) is 8.42 Å². The number of nitrogens with zero attached hydrogens (tertiary/aromatic N) is 1. The molecule has 1 saturated carbocycles. The van der Waals surface area contributed by atoms with Gasteiger partial charge in [0.2, 0.25) is 0 Å². The third-order valence-electron chi connectivity index (χ3n) is 3.15. The lowest BCUT2D eigenvalue weighted by Crippen LogP contribution is -2.40. The molecule has 0 atom stereocenters. The van der Waals surface area contributed by atoms with Gasteiger partial charge in [-0.1, -0.05) is 6.07 Å². The van der Waals surface area contributed by atoms with Crippen LogP contribution in [0.25, 0.3) is 0 Å². The Morgan fingerprint density at radius 1 is 1.35 bits per heavy atom. The van der Waals surface area contributed by atoms with Crippen molar-refractivity contribution < 1.29 is 8.42 Å². The summed E-state index contributed by atoms with van der Waals surface area (Å²) in [6.45, 7) is 0.501. The fourth-order valence-corrected chi connectivity index (χ4v) is 3.64. The van der Waals surface area contributed by atoms with E-state index in [-0.39, 0.29) is 6.04 Å². The second kappa shape index (κ2) is 3.61. The van der Waals surface area contributed by atoms with Crippen LogP contribution in [-0.2, 0) is 16.6 Å². The van der Waals surface area contributed by atoms with Gasteiger partial charge in [-0.15, -0.1) is 0 Å². The minimum absolute atomic E-state index is 0.130. The van der Waals surface area contributed by atoms with Crippen molar-refractivity contribution in [3.05, 3.63) is 23.8 Å². The van der Waals surface area contributed by atoms with Gasteiger partial charge in [-0.3, -0.25) is 4.31 Å². The minimum Gasteiger partial charge on any atom is -0.399 e. The van der Waals surface area contributed by atoms with E-state index in [2.05, 4.69) is 4.72 Å². The van der Waals surface area contributed by atoms with Crippen LogP contribution in [0.1, 0.15) is 18.4 Å². The van der Waals surface area contributed by atoms with Crippen LogP contribution in [-0.4, -0.2) is 21.0 Å². The van der Waals surface area contributed by atoms with E-state index in [0.717, 1.165) is 30.5 Å². The molecule has 1 aromatic rings. The maximum atomic E-state index is 12.1. The van der Waals surface area contributed by atoms with Crippen LogP contribution in [0.4, 0.5) is 11.4 Å². The van der Waals surface area contributed by atoms with E-state index in [0.29, 0.717) is 12.2 Å². The van der Waals surface area contributed by atoms with Gasteiger partial charge in [0.15, 0.2) is 0 Å². The molecule has 0 aromatic heterocycles. The van der Waals surface area contributed by atoms with Gasteiger partial charge in [0, 0.05) is 18.3 Å². The molecule has 1 heterocycles. The molecule has 1 aromatic carbocycles. The van der Waals surface area contributed by atoms with Crippen molar-refractivity contribution in [1.82, 2.24) is 4.72 Å². The van der Waals surface area contributed by atoms with Gasteiger partial charge >= 0.3 is 10.2 Å². The molecule has 0 saturated heterocycles. The Morgan fingerprint density at radius 2 is 2.12 bits per heavy atom. The Morgan fingerprint density at radius 3 is 2.82 bits per heavy atom. The number of fused-ring (bicyclic) bond motifs is 1. The zero-order valence-corrected chi connectivity index (χ0v) is 10.2. The highest BCUT2D eigenvalue weighted by atomic mass is 32.2. The zero-order valence-electron chi connectivity index (χ0n) is 9.39. The zero-order chi connectivity index (χ0) is 12.0. The standard InChI is InChI=1S/C11H15N3O2S/c12-9-2-1-8-5-6-14(11(8)7-9)17(15,16)13-10-3-4-10/h1-2,7,10,13H,3-6,12H2. The quantitative estimate of drug-likeness (QED) is 0.776. The normalized spacial score (nSPS) is 19.4. The lowest BCUT2D eigenvalue weighted by Gasteiger charge is -2.19. The number of hydrogen-bond donors (Lipinski definition) is 2. The Hall–Kier alpha value is -1.27. The minimum atomic E-state index is -3.40. The van der Waals surface area contributed by atoms with Crippen molar-refractivity contribution in [3.63, 3.8) is 0 Å². The topological polar surface area (TPSA) is 75.4 Å². The summed E-state index contributed by atoms with van der Waals surface area (Å²) in [4.78, 5) is 0. The van der Waals surface area contributed by atoms with Crippen LogP contribution < -0.4 is 14.8 Å². The third-order valence-corrected chi connectivity index (χ3v) is 4.74. The second-order valence-electron chi connectivity index (χ2n) is 4.61. The fourth-order valence-electron chi connectivity index (χ4n) is 2.09. The summed E-state index contributed by atoms with van der Waals surface area (Å²) in [5, 5.41) is 0. The lowest BCUT2D eigenvalue weighted by atomic mass is 10.1. The predicted octanol–water partition coefficient (Wildman–Crippen LogP) is 0.628. The lowest BCUT2D eigenvalue weighted by molar-refractivity contribution is 0.577. The summed E-state index contributed by atoms with van der Waals surface area (Å²) in [5.74, 6) is 0. The van der Waals surface area contributed by atoms with Crippen molar-refractivity contribution >= 4 is 21.6 Å². The highest BCUT2D eigenvalue weighted by molar-refractivity contribution is 7.90. The van der Waals surface area contributed by atoms with E-state index < -0.39 is 10.2 Å². The van der Waals surface area contributed by atoms with Crippen molar-refractivity contribution in [2.45, 2.75) is 25.3 Å². The molecular formula is C11H15N3O2S. The molecule has 0 unspecified atom stereocenters. The first-order chi connectivity index (χ1) is 8.06. The molecule has 1 fully saturated rings. The molecule has 3 N–H and O–H groups in total. The molecule has 0 amide bonds. The van der Waals surface area contributed by atoms with Gasteiger partial charge in [0.25, 0.3) is 0 Å². The number of nitrogens with one attached hydrogen (secondary N) is 1. The van der Waals surface area contributed by atoms with Gasteiger partial charge in [0.1, 0.15) is 0 Å². The highest BCUT2D eigenvalue weighted by Gasteiger charge is 2.34. The number of hydrogen-bond acceptors (Lipinski definition) is 3. The Bertz CT molecular complexity index is 552. The van der Waals surface area contributed by atoms with E-state index >= 15 is 0 Å². The first-order valence-corrected chi connectivity index (χ1v) is 7.19. The Kier molecular flexibility index (Phi) is 2.31. The van der Waals surface area contributed by atoms with Crippen LogP contribution in [0.15, 0.2) is 18.2 Å². The number of anilines is 2. The summed E-state index contributed by atoms with van der Waals surface area (Å²) < 4.78 is 28.4. The molecule has 2 aliphatic rings. The fraction of sp³-hybridized carbons (Fsp3) is 0.455. The summed E-state index contributed by atoms with van der Waals surface area (Å²) in [5.41, 5.74) is 8.07. The number of nitrogen functional groups attached to an aromatic ring is 1. The summed E-state index contributed by atoms with van der Waals surface area (Å²) in [6, 6.07) is 5.57. The smallest absolute Gasteiger partial charge is 0.301 e. The molecule has 17 heavy (non-hydrogen) atoms. The monoisotopic (exact) mass is 253 g/mol. The highest BCUT2D eigenvalue weighted by Crippen LogP contribution is 2.32. The SMILES string of the molecule is Nc1ccc2c(c1)N(S(=O)(=O)NC1CC1)CC2. The second-order valence-corrected chi connectivity index (χ2v) is 6.23. The molecule has 5 nitrogen and oxygen atoms in total. The van der Waals surface area contributed by atoms with Crippen LogP contribution in [0.5, 0.6) is 0 Å². The summed E-state index contributed by atoms with van der Waals surface area (Å²) in [6.07, 6.45) is 2.63. The van der Waals surface area contributed by atoms with Crippen molar-refractivity contribution in [1.29, 1.82) is 0 Å².